The molecule has 11 heteroatoms. The van der Waals surface area contributed by atoms with Gasteiger partial charge in [-0.15, -0.1) is 0 Å². The number of phenols is 3. The molecule has 0 atom stereocenters. The van der Waals surface area contributed by atoms with Crippen LogP contribution in [0.2, 0.25) is 15.1 Å². The normalized spacial score (nSPS) is 11.7. The molecular formula is C27H27Cl3N4O3Sm. The Bertz CT molecular complexity index is 1130. The molecule has 0 bridgehead atoms. The fourth-order valence-corrected chi connectivity index (χ4v) is 3.85. The molecule has 0 radical (unpaired) electrons. The molecule has 0 spiro atoms. The van der Waals surface area contributed by atoms with E-state index in [0.717, 1.165) is 0 Å². The Morgan fingerprint density at radius 3 is 1.13 bits per heavy atom. The number of benzene rings is 3. The first-order valence-corrected chi connectivity index (χ1v) is 12.6. The SMILES string of the molecule is Oc1ccc(Cl)cc1C=NCCN(CCN=Cc1cc(Cl)ccc1O)CCN=Cc1cc(Cl)ccc1O.[Sm]. The number of phenolic OH excluding ortho intramolecular Hbond substituents is 3. The maximum absolute atomic E-state index is 9.95. The molecule has 0 unspecified atom stereocenters. The number of aromatic hydroxyl groups is 3. The van der Waals surface area contributed by atoms with Gasteiger partial charge in [0, 0.05) is 110 Å². The van der Waals surface area contributed by atoms with Crippen molar-refractivity contribution >= 4 is 53.4 Å². The van der Waals surface area contributed by atoms with Gasteiger partial charge in [-0.3, -0.25) is 19.9 Å². The third-order valence-electron chi connectivity index (χ3n) is 5.30. The van der Waals surface area contributed by atoms with E-state index >= 15 is 0 Å². The van der Waals surface area contributed by atoms with Crippen molar-refractivity contribution in [1.82, 2.24) is 4.90 Å². The van der Waals surface area contributed by atoms with E-state index in [4.69, 9.17) is 34.8 Å². The standard InChI is InChI=1S/C27H27Cl3N4O3.Sm/c28-22-1-4-25(35)19(13-22)16-31-7-10-34(11-8-32-17-20-14-23(29)2-5-26(20)36)12-9-33-18-21-15-24(30)3-6-27(21)37;/h1-6,13-18,35-37H,7-12H2;. The van der Waals surface area contributed by atoms with E-state index in [9.17, 15) is 15.3 Å². The molecular weight excluding hydrogens is 685 g/mol. The largest absolute Gasteiger partial charge is 0.507 e. The summed E-state index contributed by atoms with van der Waals surface area (Å²) in [6, 6.07) is 14.4. The molecule has 0 fully saturated rings. The molecule has 0 aliphatic rings. The van der Waals surface area contributed by atoms with E-state index in [1.54, 1.807) is 55.0 Å². The van der Waals surface area contributed by atoms with Crippen LogP contribution in [0.1, 0.15) is 16.7 Å². The van der Waals surface area contributed by atoms with E-state index in [2.05, 4.69) is 19.9 Å². The minimum atomic E-state index is 0. The maximum atomic E-state index is 9.95. The fraction of sp³-hybridized carbons (Fsp3) is 0.222. The Morgan fingerprint density at radius 1 is 0.553 bits per heavy atom. The minimum absolute atomic E-state index is 0. The van der Waals surface area contributed by atoms with E-state index in [1.165, 1.54) is 18.2 Å². The Morgan fingerprint density at radius 2 is 0.842 bits per heavy atom. The Hall–Kier alpha value is -1.76. The zero-order valence-corrected chi connectivity index (χ0v) is 25.2. The van der Waals surface area contributed by atoms with Gasteiger partial charge in [-0.05, 0) is 54.6 Å². The topological polar surface area (TPSA) is 101 Å². The zero-order valence-electron chi connectivity index (χ0n) is 20.3. The summed E-state index contributed by atoms with van der Waals surface area (Å²) in [4.78, 5) is 15.4. The van der Waals surface area contributed by atoms with Gasteiger partial charge in [0.2, 0.25) is 0 Å². The Labute approximate surface area is 269 Å². The molecule has 0 heterocycles. The first-order valence-electron chi connectivity index (χ1n) is 11.5. The average molecular weight is 712 g/mol. The van der Waals surface area contributed by atoms with Crippen LogP contribution in [0, 0.1) is 40.4 Å². The molecule has 0 aliphatic carbocycles. The molecule has 0 saturated carbocycles. The summed E-state index contributed by atoms with van der Waals surface area (Å²) in [6.07, 6.45) is 4.79. The van der Waals surface area contributed by atoms with Crippen LogP contribution in [0.4, 0.5) is 0 Å². The fourth-order valence-electron chi connectivity index (χ4n) is 3.31. The van der Waals surface area contributed by atoms with Gasteiger partial charge in [-0.2, -0.15) is 0 Å². The predicted molar refractivity (Wildman–Crippen MR) is 153 cm³/mol. The Balaban J connectivity index is 0.00000507. The summed E-state index contributed by atoms with van der Waals surface area (Å²) < 4.78 is 0. The third kappa shape index (κ3) is 11.2. The van der Waals surface area contributed by atoms with Crippen LogP contribution < -0.4 is 0 Å². The van der Waals surface area contributed by atoms with E-state index < -0.39 is 0 Å². The van der Waals surface area contributed by atoms with Crippen LogP contribution in [-0.4, -0.2) is 78.1 Å². The van der Waals surface area contributed by atoms with Crippen LogP contribution in [0.25, 0.3) is 0 Å². The van der Waals surface area contributed by atoms with E-state index in [-0.39, 0.29) is 57.6 Å². The van der Waals surface area contributed by atoms with Crippen LogP contribution in [0.15, 0.2) is 69.6 Å². The second-order valence-corrected chi connectivity index (χ2v) is 9.37. The number of hydrogen-bond acceptors (Lipinski definition) is 7. The summed E-state index contributed by atoms with van der Waals surface area (Å²) in [5.74, 6) is 0.339. The molecule has 0 aliphatic heterocycles. The number of nitrogens with zero attached hydrogens (tertiary/aromatic N) is 4. The smallest absolute Gasteiger partial charge is 0.124 e. The first kappa shape index (κ1) is 32.4. The number of halogens is 3. The molecule has 0 amide bonds. The van der Waals surface area contributed by atoms with Crippen LogP contribution in [0.3, 0.4) is 0 Å². The molecule has 7 nitrogen and oxygen atoms in total. The Kier molecular flexibility index (Phi) is 14.5. The maximum Gasteiger partial charge on any atom is 0.124 e. The van der Waals surface area contributed by atoms with Crippen molar-refractivity contribution in [1.29, 1.82) is 0 Å². The van der Waals surface area contributed by atoms with Gasteiger partial charge in [0.25, 0.3) is 0 Å². The first-order chi connectivity index (χ1) is 17.8. The molecule has 3 N–H and O–H groups in total. The molecule has 0 saturated heterocycles. The summed E-state index contributed by atoms with van der Waals surface area (Å²) in [5, 5.41) is 31.4. The number of aliphatic imine (C=N–C) groups is 3. The van der Waals surface area contributed by atoms with Crippen LogP contribution in [-0.2, 0) is 0 Å². The van der Waals surface area contributed by atoms with E-state index in [0.29, 0.717) is 71.0 Å². The van der Waals surface area contributed by atoms with Gasteiger partial charge in [-0.25, -0.2) is 0 Å². The number of hydrogen-bond donors (Lipinski definition) is 3. The second kappa shape index (κ2) is 17.0. The monoisotopic (exact) mass is 712 g/mol. The van der Waals surface area contributed by atoms with Crippen molar-refractivity contribution in [2.24, 2.45) is 15.0 Å². The van der Waals surface area contributed by atoms with Crippen molar-refractivity contribution in [2.45, 2.75) is 0 Å². The van der Waals surface area contributed by atoms with Gasteiger partial charge in [0.1, 0.15) is 17.2 Å². The van der Waals surface area contributed by atoms with Crippen molar-refractivity contribution in [3.63, 3.8) is 0 Å². The van der Waals surface area contributed by atoms with E-state index in [1.807, 2.05) is 0 Å². The molecule has 3 rings (SSSR count). The summed E-state index contributed by atoms with van der Waals surface area (Å²) in [7, 11) is 0. The molecule has 3 aromatic carbocycles. The van der Waals surface area contributed by atoms with Gasteiger partial charge >= 0.3 is 0 Å². The second-order valence-electron chi connectivity index (χ2n) is 8.06. The quantitative estimate of drug-likeness (QED) is 0.209. The minimum Gasteiger partial charge on any atom is -0.507 e. The van der Waals surface area contributed by atoms with Crippen molar-refractivity contribution in [2.75, 3.05) is 39.3 Å². The summed E-state index contributed by atoms with van der Waals surface area (Å²) in [6.45, 7) is 3.37. The van der Waals surface area contributed by atoms with Crippen molar-refractivity contribution in [3.8, 4) is 17.2 Å². The van der Waals surface area contributed by atoms with Gasteiger partial charge < -0.3 is 15.3 Å². The van der Waals surface area contributed by atoms with Gasteiger partial charge in [0.15, 0.2) is 0 Å². The van der Waals surface area contributed by atoms with Gasteiger partial charge in [0.05, 0.1) is 19.6 Å². The summed E-state index contributed by atoms with van der Waals surface area (Å²) >= 11 is 18.0. The molecule has 38 heavy (non-hydrogen) atoms. The average Bonchev–Trinajstić information content (AvgIpc) is 2.87. The van der Waals surface area contributed by atoms with Crippen LogP contribution >= 0.6 is 34.8 Å². The van der Waals surface area contributed by atoms with Crippen molar-refractivity contribution in [3.05, 3.63) is 86.4 Å². The molecule has 0 aromatic heterocycles. The van der Waals surface area contributed by atoms with Crippen LogP contribution in [0.5, 0.6) is 17.2 Å². The predicted octanol–water partition coefficient (Wildman–Crippen LogP) is 5.72. The van der Waals surface area contributed by atoms with Gasteiger partial charge in [-0.1, -0.05) is 34.8 Å². The third-order valence-corrected chi connectivity index (χ3v) is 6.00. The van der Waals surface area contributed by atoms with Crippen molar-refractivity contribution < 1.29 is 55.7 Å². The zero-order chi connectivity index (χ0) is 26.6. The summed E-state index contributed by atoms with van der Waals surface area (Å²) in [5.41, 5.74) is 1.66. The number of rotatable bonds is 12. The molecule has 200 valence electrons. The molecule has 3 aromatic rings.